The van der Waals surface area contributed by atoms with Gasteiger partial charge in [0, 0.05) is 47.0 Å². The molecule has 2 N–H and O–H groups in total. The van der Waals surface area contributed by atoms with Gasteiger partial charge in [-0.3, -0.25) is 0 Å². The minimum Gasteiger partial charge on any atom is -0.396 e. The summed E-state index contributed by atoms with van der Waals surface area (Å²) in [5.74, 6) is 5.31. The molecule has 0 aromatic rings. The summed E-state index contributed by atoms with van der Waals surface area (Å²) in [5, 5.41) is 18.4. The van der Waals surface area contributed by atoms with Gasteiger partial charge in [0.25, 0.3) is 0 Å². The van der Waals surface area contributed by atoms with Crippen molar-refractivity contribution in [2.75, 3.05) is 48.0 Å². The summed E-state index contributed by atoms with van der Waals surface area (Å²) in [5.41, 5.74) is 0. The first-order valence-corrected chi connectivity index (χ1v) is 10.7. The molecule has 0 saturated carbocycles. The molecule has 0 spiro atoms. The molecule has 0 amide bonds. The number of hydrogen-bond acceptors (Lipinski definition) is 5. The normalized spacial score (nSPS) is 14.5. The maximum absolute atomic E-state index is 8.76. The van der Waals surface area contributed by atoms with Crippen molar-refractivity contribution in [3.8, 4) is 0 Å². The molecule has 0 aromatic carbocycles. The van der Waals surface area contributed by atoms with Gasteiger partial charge in [0.15, 0.2) is 0 Å². The lowest BCUT2D eigenvalue weighted by Gasteiger charge is -2.17. The highest BCUT2D eigenvalue weighted by molar-refractivity contribution is 8.05. The monoisotopic (exact) mass is 366 g/mol. The van der Waals surface area contributed by atoms with E-state index in [4.69, 9.17) is 33.4 Å². The molecule has 7 heteroatoms. The van der Waals surface area contributed by atoms with Crippen LogP contribution in [0.4, 0.5) is 0 Å². The zero-order valence-corrected chi connectivity index (χ0v) is 15.1. The Balaban J connectivity index is 3.70. The Bertz CT molecular complexity index is 190. The summed E-state index contributed by atoms with van der Waals surface area (Å²) >= 11 is 17.5. The van der Waals surface area contributed by atoms with Crippen LogP contribution in [0.2, 0.25) is 0 Å². The second-order valence-electron chi connectivity index (χ2n) is 3.99. The highest BCUT2D eigenvalue weighted by Crippen LogP contribution is 2.24. The predicted molar refractivity (Wildman–Crippen MR) is 94.7 cm³/mol. The Hall–Kier alpha value is 1.55. The number of thioether (sulfide) groups is 3. The molecular weight excluding hydrogens is 343 g/mol. The highest BCUT2D eigenvalue weighted by atomic mass is 35.5. The van der Waals surface area contributed by atoms with Crippen molar-refractivity contribution in [1.82, 2.24) is 0 Å². The number of aliphatic hydroxyl groups is 2. The first kappa shape index (κ1) is 20.6. The second kappa shape index (κ2) is 15.9. The van der Waals surface area contributed by atoms with E-state index < -0.39 is 0 Å². The topological polar surface area (TPSA) is 40.5 Å². The van der Waals surface area contributed by atoms with Gasteiger partial charge in [-0.2, -0.15) is 35.3 Å². The second-order valence-corrected chi connectivity index (χ2v) is 8.49. The fourth-order valence-corrected chi connectivity index (χ4v) is 5.81. The van der Waals surface area contributed by atoms with Crippen molar-refractivity contribution in [2.45, 2.75) is 23.3 Å². The maximum atomic E-state index is 8.76. The van der Waals surface area contributed by atoms with Gasteiger partial charge in [-0.1, -0.05) is 0 Å². The van der Waals surface area contributed by atoms with Crippen molar-refractivity contribution in [2.24, 2.45) is 0 Å². The maximum Gasteiger partial charge on any atom is 0.0438 e. The lowest BCUT2D eigenvalue weighted by atomic mass is 10.5. The van der Waals surface area contributed by atoms with Gasteiger partial charge in [0.2, 0.25) is 0 Å². The zero-order valence-electron chi connectivity index (χ0n) is 11.1. The van der Waals surface area contributed by atoms with Gasteiger partial charge < -0.3 is 10.2 Å². The fraction of sp³-hybridized carbons (Fsp3) is 1.00. The third-order valence-corrected chi connectivity index (χ3v) is 7.75. The molecular formula is C12H24Cl2O2S3. The minimum atomic E-state index is 0.251. The van der Waals surface area contributed by atoms with E-state index in [9.17, 15) is 0 Å². The summed E-state index contributed by atoms with van der Waals surface area (Å²) in [6, 6.07) is 0. The van der Waals surface area contributed by atoms with Gasteiger partial charge in [-0.15, -0.1) is 23.2 Å². The molecule has 0 aliphatic carbocycles. The first-order valence-electron chi connectivity index (χ1n) is 6.43. The third-order valence-electron chi connectivity index (χ3n) is 2.27. The average Bonchev–Trinajstić information content (AvgIpc) is 2.44. The number of rotatable bonds is 14. The summed E-state index contributed by atoms with van der Waals surface area (Å²) in [6.45, 7) is 0.516. The Morgan fingerprint density at radius 3 is 1.95 bits per heavy atom. The average molecular weight is 367 g/mol. The van der Waals surface area contributed by atoms with E-state index in [1.165, 1.54) is 0 Å². The smallest absolute Gasteiger partial charge is 0.0438 e. The number of alkyl halides is 2. The van der Waals surface area contributed by atoms with Crippen LogP contribution in [0.3, 0.4) is 0 Å². The van der Waals surface area contributed by atoms with Gasteiger partial charge in [0.05, 0.1) is 0 Å². The molecule has 2 nitrogen and oxygen atoms in total. The Kier molecular flexibility index (Phi) is 17.2. The van der Waals surface area contributed by atoms with Crippen molar-refractivity contribution >= 4 is 58.5 Å². The van der Waals surface area contributed by atoms with Crippen LogP contribution in [0.15, 0.2) is 0 Å². The van der Waals surface area contributed by atoms with E-state index in [2.05, 4.69) is 0 Å². The number of aliphatic hydroxyl groups excluding tert-OH is 2. The summed E-state index contributed by atoms with van der Waals surface area (Å²) in [6.07, 6.45) is 1.68. The van der Waals surface area contributed by atoms with Crippen LogP contribution in [0.1, 0.15) is 12.8 Å². The number of hydrogen-bond donors (Lipinski definition) is 2. The summed E-state index contributed by atoms with van der Waals surface area (Å²) in [7, 11) is 0. The van der Waals surface area contributed by atoms with E-state index in [-0.39, 0.29) is 13.2 Å². The van der Waals surface area contributed by atoms with Gasteiger partial charge in [-0.05, 0) is 24.3 Å². The largest absolute Gasteiger partial charge is 0.396 e. The van der Waals surface area contributed by atoms with Crippen molar-refractivity contribution in [3.05, 3.63) is 0 Å². The van der Waals surface area contributed by atoms with Crippen molar-refractivity contribution in [1.29, 1.82) is 0 Å². The van der Waals surface area contributed by atoms with Crippen LogP contribution in [-0.2, 0) is 0 Å². The molecule has 0 aromatic heterocycles. The van der Waals surface area contributed by atoms with E-state index in [0.717, 1.165) is 35.9 Å². The highest BCUT2D eigenvalue weighted by Gasteiger charge is 2.13. The van der Waals surface area contributed by atoms with Gasteiger partial charge in [-0.25, -0.2) is 0 Å². The lowest BCUT2D eigenvalue weighted by Crippen LogP contribution is -2.16. The van der Waals surface area contributed by atoms with Crippen LogP contribution >= 0.6 is 58.5 Å². The van der Waals surface area contributed by atoms with E-state index >= 15 is 0 Å². The fourth-order valence-electron chi connectivity index (χ4n) is 1.21. The van der Waals surface area contributed by atoms with Crippen LogP contribution < -0.4 is 0 Å². The quantitative estimate of drug-likeness (QED) is 0.365. The summed E-state index contributed by atoms with van der Waals surface area (Å²) < 4.78 is 0. The molecule has 19 heavy (non-hydrogen) atoms. The molecule has 116 valence electrons. The SMILES string of the molecule is OCCCSCC(CCl)SCC(CCl)SCCCO. The Morgan fingerprint density at radius 2 is 1.37 bits per heavy atom. The van der Waals surface area contributed by atoms with Crippen molar-refractivity contribution in [3.63, 3.8) is 0 Å². The van der Waals surface area contributed by atoms with E-state index in [0.29, 0.717) is 22.3 Å². The molecule has 2 atom stereocenters. The molecule has 0 aliphatic rings. The molecule has 0 aliphatic heterocycles. The zero-order chi connectivity index (χ0) is 14.3. The van der Waals surface area contributed by atoms with Crippen molar-refractivity contribution < 1.29 is 10.2 Å². The van der Waals surface area contributed by atoms with E-state index in [1.54, 1.807) is 0 Å². The predicted octanol–water partition coefficient (Wildman–Crippen LogP) is 3.17. The molecule has 0 bridgehead atoms. The van der Waals surface area contributed by atoms with Crippen LogP contribution in [-0.4, -0.2) is 68.7 Å². The first-order chi connectivity index (χ1) is 9.28. The molecule has 0 rings (SSSR count). The molecule has 0 fully saturated rings. The van der Waals surface area contributed by atoms with Crippen LogP contribution in [0, 0.1) is 0 Å². The van der Waals surface area contributed by atoms with E-state index in [1.807, 2.05) is 35.3 Å². The van der Waals surface area contributed by atoms with Crippen LogP contribution in [0.25, 0.3) is 0 Å². The Morgan fingerprint density at radius 1 is 0.789 bits per heavy atom. The molecule has 0 saturated heterocycles. The Labute approximate surface area is 139 Å². The summed E-state index contributed by atoms with van der Waals surface area (Å²) in [4.78, 5) is 0. The number of halogens is 2. The van der Waals surface area contributed by atoms with Crippen LogP contribution in [0.5, 0.6) is 0 Å². The molecule has 0 radical (unpaired) electrons. The lowest BCUT2D eigenvalue weighted by molar-refractivity contribution is 0.296. The van der Waals surface area contributed by atoms with Gasteiger partial charge >= 0.3 is 0 Å². The standard InChI is InChI=1S/C12H24Cl2O2S3/c13-7-11(9-17-5-1-3-15)19-10-12(8-14)18-6-2-4-16/h11-12,15-16H,1-10H2. The third kappa shape index (κ3) is 13.0. The molecule has 2 unspecified atom stereocenters. The van der Waals surface area contributed by atoms with Gasteiger partial charge in [0.1, 0.15) is 0 Å². The minimum absolute atomic E-state index is 0.251. The molecule has 0 heterocycles.